The number of halogens is 1. The molecule has 135 heavy (non-hydrogen) atoms. The Morgan fingerprint density at radius 3 is 1.72 bits per heavy atom. The quantitative estimate of drug-likeness (QED) is 0.0227. The van der Waals surface area contributed by atoms with Gasteiger partial charge in [0.25, 0.3) is 0 Å². The van der Waals surface area contributed by atoms with E-state index >= 15 is 24.0 Å². The molecule has 22 N–H and O–H groups in total. The number of aliphatic hydroxyl groups excluding tert-OH is 1. The Kier molecular flexibility index (Phi) is 45.5. The van der Waals surface area contributed by atoms with E-state index < -0.39 is 232 Å². The minimum Gasteiger partial charge on any atom is -0.508 e. The summed E-state index contributed by atoms with van der Waals surface area (Å²) >= 11 is 6.38. The number of rotatable bonds is 36. The molecule has 0 aliphatic carbocycles. The van der Waals surface area contributed by atoms with Crippen molar-refractivity contribution in [3.63, 3.8) is 0 Å². The molecule has 0 saturated carbocycles. The van der Waals surface area contributed by atoms with Crippen molar-refractivity contribution in [3.8, 4) is 5.75 Å². The van der Waals surface area contributed by atoms with Crippen LogP contribution in [0.3, 0.4) is 0 Å². The Morgan fingerprint density at radius 1 is 0.548 bits per heavy atom. The summed E-state index contributed by atoms with van der Waals surface area (Å²) in [6.45, 7) is 22.8. The lowest BCUT2D eigenvalue weighted by molar-refractivity contribution is -0.140. The lowest BCUT2D eigenvalue weighted by Crippen LogP contribution is -2.64. The number of ketones is 4. The third-order valence-corrected chi connectivity index (χ3v) is 23.5. The third kappa shape index (κ3) is 37.1. The molecule has 742 valence electrons. The number of benzene rings is 3. The molecule has 0 fully saturated rings. The number of carbonyl (C=O) groups is 19. The van der Waals surface area contributed by atoms with Gasteiger partial charge in [0, 0.05) is 73.7 Å². The fourth-order valence-corrected chi connectivity index (χ4v) is 15.1. The van der Waals surface area contributed by atoms with E-state index in [4.69, 9.17) is 23.1 Å². The van der Waals surface area contributed by atoms with Crippen LogP contribution in [-0.4, -0.2) is 236 Å². The number of phenolic OH excluding ortho intramolecular Hbond substituents is 1. The number of hydrogen-bond acceptors (Lipinski definition) is 23. The number of aromatic hydroxyl groups is 1. The Balaban J connectivity index is 1.55. The zero-order valence-corrected chi connectivity index (χ0v) is 80.7. The number of H-pyrrole nitrogens is 1. The Bertz CT molecular complexity index is 4870. The second-order valence-electron chi connectivity index (χ2n) is 36.5. The summed E-state index contributed by atoms with van der Waals surface area (Å²) in [5, 5.41) is 62.3. The predicted octanol–water partition coefficient (Wildman–Crippen LogP) is 1.55. The van der Waals surface area contributed by atoms with Gasteiger partial charge in [-0.15, -0.1) is 0 Å². The maximum Gasteiger partial charge on any atom is 0.246 e. The van der Waals surface area contributed by atoms with Crippen LogP contribution in [0.1, 0.15) is 211 Å². The first-order valence-electron chi connectivity index (χ1n) is 45.9. The van der Waals surface area contributed by atoms with Crippen molar-refractivity contribution in [1.82, 2.24) is 84.7 Å². The van der Waals surface area contributed by atoms with Gasteiger partial charge in [0.2, 0.25) is 112 Å². The van der Waals surface area contributed by atoms with E-state index in [1.807, 2.05) is 26.0 Å². The zero-order valence-electron chi connectivity index (χ0n) is 80.0. The number of nitrogens with one attached hydrogen (secondary N) is 16. The second-order valence-corrected chi connectivity index (χ2v) is 37.0. The molecule has 1 aliphatic heterocycles. The summed E-state index contributed by atoms with van der Waals surface area (Å²) in [6, 6.07) is 0.138. The Labute approximate surface area is 792 Å². The third-order valence-electron chi connectivity index (χ3n) is 23.3. The highest BCUT2D eigenvalue weighted by atomic mass is 35.5. The molecule has 2 heterocycles. The maximum atomic E-state index is 15.3. The van der Waals surface area contributed by atoms with Crippen LogP contribution in [0.5, 0.6) is 5.75 Å². The van der Waals surface area contributed by atoms with Gasteiger partial charge in [-0.2, -0.15) is 0 Å². The summed E-state index contributed by atoms with van der Waals surface area (Å²) in [5.74, 6) is -19.3. The first kappa shape index (κ1) is 113. The van der Waals surface area contributed by atoms with Gasteiger partial charge in [-0.25, -0.2) is 0 Å². The predicted molar refractivity (Wildman–Crippen MR) is 504 cm³/mol. The van der Waals surface area contributed by atoms with Crippen molar-refractivity contribution in [2.75, 3.05) is 13.1 Å². The number of amides is 15. The molecule has 18 atom stereocenters. The summed E-state index contributed by atoms with van der Waals surface area (Å²) in [4.78, 5) is 269. The number of aromatic nitrogens is 1. The van der Waals surface area contributed by atoms with Gasteiger partial charge in [-0.1, -0.05) is 126 Å². The minimum atomic E-state index is -1.93. The molecule has 15 amide bonds. The van der Waals surface area contributed by atoms with E-state index in [2.05, 4.69) is 84.7 Å². The number of phenols is 1. The first-order valence-corrected chi connectivity index (χ1v) is 46.3. The van der Waals surface area contributed by atoms with Crippen LogP contribution in [0, 0.1) is 23.7 Å². The first-order chi connectivity index (χ1) is 63.3. The molecule has 40 heteroatoms. The highest BCUT2D eigenvalue weighted by Gasteiger charge is 2.44. The molecular weight excluding hydrogens is 1760 g/mol. The maximum absolute atomic E-state index is 15.3. The summed E-state index contributed by atoms with van der Waals surface area (Å²) in [7, 11) is 0. The van der Waals surface area contributed by atoms with Gasteiger partial charge in [0.1, 0.15) is 71.2 Å². The second kappa shape index (κ2) is 54.3. The van der Waals surface area contributed by atoms with Gasteiger partial charge in [0.05, 0.1) is 36.2 Å². The smallest absolute Gasteiger partial charge is 0.246 e. The van der Waals surface area contributed by atoms with Gasteiger partial charge < -0.3 is 106 Å². The fraction of sp³-hybridized carbons (Fsp3) is 0.568. The monoisotopic (exact) mass is 1900 g/mol. The van der Waals surface area contributed by atoms with Crippen LogP contribution >= 0.6 is 11.6 Å². The van der Waals surface area contributed by atoms with E-state index in [0.29, 0.717) is 64.7 Å². The van der Waals surface area contributed by atoms with E-state index in [9.17, 15) is 77.3 Å². The van der Waals surface area contributed by atoms with Crippen LogP contribution in [-0.2, 0) is 110 Å². The highest BCUT2D eigenvalue weighted by molar-refractivity contribution is 6.41. The average molecular weight is 1900 g/mol. The molecule has 1 aromatic heterocycles. The van der Waals surface area contributed by atoms with Gasteiger partial charge in [-0.3, -0.25) is 91.1 Å². The van der Waals surface area contributed by atoms with Crippen molar-refractivity contribution in [2.24, 2.45) is 35.1 Å². The van der Waals surface area contributed by atoms with Crippen molar-refractivity contribution < 1.29 is 101 Å². The number of nitrogens with two attached hydrogens (primary N) is 2. The highest BCUT2D eigenvalue weighted by Crippen LogP contribution is 2.26. The molecular formula is C95H139ClN18O21. The number of fused-ring (bicyclic) bond motifs is 1. The number of aromatic amines is 1. The minimum absolute atomic E-state index is 0.00107. The van der Waals surface area contributed by atoms with E-state index in [0.717, 1.165) is 0 Å². The Morgan fingerprint density at radius 2 is 1.13 bits per heavy atom. The molecule has 4 unspecified atom stereocenters. The van der Waals surface area contributed by atoms with Crippen molar-refractivity contribution in [2.45, 2.75) is 309 Å². The van der Waals surface area contributed by atoms with Crippen LogP contribution in [0.2, 0.25) is 5.02 Å². The number of aliphatic hydroxyl groups is 1. The molecule has 0 bridgehead atoms. The number of hydrogen-bond donors (Lipinski definition) is 20. The van der Waals surface area contributed by atoms with Gasteiger partial charge in [-0.05, 0) is 180 Å². The van der Waals surface area contributed by atoms with Gasteiger partial charge in [0.15, 0.2) is 0 Å². The molecule has 1 aliphatic rings. The lowest BCUT2D eigenvalue weighted by atomic mass is 9.89. The van der Waals surface area contributed by atoms with E-state index in [1.165, 1.54) is 107 Å². The topological polar surface area (TPSA) is 613 Å². The van der Waals surface area contributed by atoms with E-state index in [-0.39, 0.29) is 88.5 Å². The standard InChI is InChI=1S/C95H139ClN18O21/c1-50(2)41-65-49-100-69(37-38-75(97)118)80(122)79(121)55(8)103-87(129)74(45-64-48-101-70-46-66(96)33-36-68(64)70)110-88(130)72(44-63-31-34-67(117)35-32-63)109-85(127)59(12)107-93(135)95(16,114-90(132)73(43-62-29-25-24-26-30-62)111-91(133)76(60(13)115)112-89(131)71(42-51(3)4)108-61(14)116)40-28-23-21-19-17-18-20-22-27-39-94(15,113-86(65)128)92(134)106-58(11)84(126)105-57(10)83(125)104-56(9)82(124)102-54(7)78(120)77(119)53(6)99-47-52(5)81(98)123/h18,20,24-26,29-36,46,48,50-60,65,69,71-74,76,99-101,115,117H,17,19,21-23,27-28,37-45,47,49H2,1-16H3,(H2,97,118)(H2,98,123)(H,102,124)(H,103,129)(H,104,125)(H,105,126)(H,106,134)(H,107,135)(H,108,116)(H,109,127)(H,110,130)(H,111,133)(H,112,131)(H,113,128)(H,114,132)/b20-18+/t52-,53-,54-,55?,56?,57-,58?,59?,60+,65+,69-,71-,72-,73-,74-,76-,94-,95+/m0/s1. The molecule has 39 nitrogen and oxygen atoms in total. The SMILES string of the molecule is CC(=O)N[C@@H](CC(C)C)C(=O)N[C@H](C(=O)N[C@@H](Cc1ccccc1)C(=O)N[C@]1(C)CCCCCC/C=C/CCC[C@@](C)(C(=O)NC(C)C(=O)N[C@@H](C)C(=O)NC(C)C(=O)N[C@@H](C)C(=O)C(=O)[C@H](C)NC[C@H](C)C(N)=O)NC(=O)[C@H](CC(C)C)CN[C@@H](CCC(N)=O)C(=O)C(=O)C(C)NC(=O)[C@H](Cc2c[nH]c3cc(Cl)ccc23)NC(=O)[C@H](Cc2ccc(O)cc2)NC(=O)C(C)NC1=O)[C@@H](C)O. The lowest BCUT2D eigenvalue weighted by Gasteiger charge is -2.33. The number of primary amides is 2. The van der Waals surface area contributed by atoms with Crippen LogP contribution in [0.15, 0.2) is 91.1 Å². The van der Waals surface area contributed by atoms with Crippen molar-refractivity contribution in [1.29, 1.82) is 0 Å². The summed E-state index contributed by atoms with van der Waals surface area (Å²) in [5.41, 5.74) is 9.04. The molecule has 4 aromatic rings. The van der Waals surface area contributed by atoms with Crippen LogP contribution in [0.25, 0.3) is 10.9 Å². The number of allylic oxidation sites excluding steroid dienone is 2. The van der Waals surface area contributed by atoms with Crippen molar-refractivity contribution >= 4 is 134 Å². The molecule has 0 saturated heterocycles. The van der Waals surface area contributed by atoms with Gasteiger partial charge >= 0.3 is 0 Å². The molecule has 0 spiro atoms. The largest absolute Gasteiger partial charge is 0.508 e. The summed E-state index contributed by atoms with van der Waals surface area (Å²) in [6.07, 6.45) is 5.12. The van der Waals surface area contributed by atoms with Crippen LogP contribution < -0.4 is 91.2 Å². The number of carbonyl (C=O) groups excluding carboxylic acids is 19. The number of Topliss-reactive ketones (excluding diaryl/α,β-unsaturated/α-hetero) is 4. The normalized spacial score (nSPS) is 22.3. The molecule has 0 radical (unpaired) electrons. The molecule has 3 aromatic carbocycles. The molecule has 5 rings (SSSR count). The summed E-state index contributed by atoms with van der Waals surface area (Å²) < 4.78 is 0. The average Bonchev–Trinajstić information content (AvgIpc) is 1.73. The zero-order chi connectivity index (χ0) is 101. The van der Waals surface area contributed by atoms with Crippen molar-refractivity contribution in [3.05, 3.63) is 113 Å². The fourth-order valence-electron chi connectivity index (χ4n) is 15.0. The van der Waals surface area contributed by atoms with Crippen LogP contribution in [0.4, 0.5) is 0 Å². The van der Waals surface area contributed by atoms with E-state index in [1.54, 1.807) is 68.6 Å². The Hall–Kier alpha value is -12.4.